The van der Waals surface area contributed by atoms with Crippen LogP contribution >= 0.6 is 0 Å². The predicted molar refractivity (Wildman–Crippen MR) is 81.6 cm³/mol. The third-order valence-electron chi connectivity index (χ3n) is 2.95. The number of nitriles is 1. The van der Waals surface area contributed by atoms with Crippen LogP contribution in [0.3, 0.4) is 0 Å². The van der Waals surface area contributed by atoms with Gasteiger partial charge in [-0.3, -0.25) is 4.79 Å². The Balaban J connectivity index is 1.80. The van der Waals surface area contributed by atoms with Crippen molar-refractivity contribution >= 4 is 11.5 Å². The van der Waals surface area contributed by atoms with Crippen molar-refractivity contribution < 1.29 is 9.53 Å². The van der Waals surface area contributed by atoms with Crippen molar-refractivity contribution in [2.45, 2.75) is 6.92 Å². The van der Waals surface area contributed by atoms with Crippen LogP contribution in [0, 0.1) is 11.3 Å². The molecule has 0 saturated carbocycles. The molecule has 0 amide bonds. The molecule has 0 aliphatic heterocycles. The summed E-state index contributed by atoms with van der Waals surface area (Å²) in [6.07, 6.45) is 0. The standard InChI is InChI=1S/C17H16N2O2/c1-13(20)15-3-2-4-16(11-15)19-9-10-21-17-7-5-14(12-18)6-8-17/h2-8,11,19H,9-10H2,1H3. The zero-order valence-electron chi connectivity index (χ0n) is 11.8. The van der Waals surface area contributed by atoms with Crippen LogP contribution in [-0.4, -0.2) is 18.9 Å². The summed E-state index contributed by atoms with van der Waals surface area (Å²) in [6, 6.07) is 16.4. The fourth-order valence-corrected chi connectivity index (χ4v) is 1.84. The predicted octanol–water partition coefficient (Wildman–Crippen LogP) is 3.25. The Kier molecular flexibility index (Phi) is 4.94. The van der Waals surface area contributed by atoms with E-state index in [2.05, 4.69) is 11.4 Å². The highest BCUT2D eigenvalue weighted by Gasteiger charge is 2.00. The molecule has 0 unspecified atom stereocenters. The van der Waals surface area contributed by atoms with Crippen LogP contribution in [-0.2, 0) is 0 Å². The third kappa shape index (κ3) is 4.36. The molecule has 4 nitrogen and oxygen atoms in total. The molecule has 0 spiro atoms. The first-order valence-corrected chi connectivity index (χ1v) is 6.67. The number of Topliss-reactive ketones (excluding diaryl/α,β-unsaturated/α-hetero) is 1. The van der Waals surface area contributed by atoms with Gasteiger partial charge in [0.2, 0.25) is 0 Å². The number of carbonyl (C=O) groups excluding carboxylic acids is 1. The molecule has 4 heteroatoms. The Morgan fingerprint density at radius 2 is 2.00 bits per heavy atom. The molecule has 0 aliphatic carbocycles. The number of nitrogens with zero attached hydrogens (tertiary/aromatic N) is 1. The first kappa shape index (κ1) is 14.6. The van der Waals surface area contributed by atoms with Gasteiger partial charge in [-0.15, -0.1) is 0 Å². The van der Waals surface area contributed by atoms with E-state index in [9.17, 15) is 4.79 Å². The van der Waals surface area contributed by atoms with Crippen LogP contribution in [0.2, 0.25) is 0 Å². The number of hydrogen-bond donors (Lipinski definition) is 1. The van der Waals surface area contributed by atoms with Crippen molar-refractivity contribution in [1.82, 2.24) is 0 Å². The number of anilines is 1. The van der Waals surface area contributed by atoms with Crippen molar-refractivity contribution in [3.05, 3.63) is 59.7 Å². The van der Waals surface area contributed by atoms with Crippen LogP contribution in [0.25, 0.3) is 0 Å². The minimum absolute atomic E-state index is 0.0486. The first-order valence-electron chi connectivity index (χ1n) is 6.67. The lowest BCUT2D eigenvalue weighted by Gasteiger charge is -2.09. The van der Waals surface area contributed by atoms with Gasteiger partial charge in [-0.2, -0.15) is 5.26 Å². The summed E-state index contributed by atoms with van der Waals surface area (Å²) in [4.78, 5) is 11.3. The maximum Gasteiger partial charge on any atom is 0.159 e. The minimum Gasteiger partial charge on any atom is -0.492 e. The minimum atomic E-state index is 0.0486. The fourth-order valence-electron chi connectivity index (χ4n) is 1.84. The van der Waals surface area contributed by atoms with E-state index < -0.39 is 0 Å². The van der Waals surface area contributed by atoms with E-state index in [1.165, 1.54) is 0 Å². The topological polar surface area (TPSA) is 62.1 Å². The summed E-state index contributed by atoms with van der Waals surface area (Å²) in [5.41, 5.74) is 2.20. The van der Waals surface area contributed by atoms with Crippen LogP contribution in [0.15, 0.2) is 48.5 Å². The van der Waals surface area contributed by atoms with Gasteiger partial charge in [0.05, 0.1) is 11.6 Å². The second-order valence-corrected chi connectivity index (χ2v) is 4.55. The molecular formula is C17H16N2O2. The monoisotopic (exact) mass is 280 g/mol. The maximum absolute atomic E-state index is 11.3. The molecule has 0 saturated heterocycles. The number of rotatable bonds is 6. The van der Waals surface area contributed by atoms with Gasteiger partial charge < -0.3 is 10.1 Å². The lowest BCUT2D eigenvalue weighted by molar-refractivity contribution is 0.101. The molecule has 0 atom stereocenters. The molecule has 0 heterocycles. The first-order chi connectivity index (χ1) is 10.2. The summed E-state index contributed by atoms with van der Waals surface area (Å²) in [5, 5.41) is 11.9. The number of ketones is 1. The lowest BCUT2D eigenvalue weighted by Crippen LogP contribution is -2.11. The summed E-state index contributed by atoms with van der Waals surface area (Å²) in [5.74, 6) is 0.778. The van der Waals surface area contributed by atoms with Gasteiger partial charge in [-0.25, -0.2) is 0 Å². The van der Waals surface area contributed by atoms with Crippen molar-refractivity contribution in [3.8, 4) is 11.8 Å². The molecule has 1 N–H and O–H groups in total. The smallest absolute Gasteiger partial charge is 0.159 e. The second kappa shape index (κ2) is 7.11. The normalized spacial score (nSPS) is 9.71. The lowest BCUT2D eigenvalue weighted by atomic mass is 10.1. The van der Waals surface area contributed by atoms with Crippen molar-refractivity contribution in [2.75, 3.05) is 18.5 Å². The molecule has 106 valence electrons. The van der Waals surface area contributed by atoms with Crippen LogP contribution in [0.5, 0.6) is 5.75 Å². The van der Waals surface area contributed by atoms with Crippen molar-refractivity contribution in [1.29, 1.82) is 5.26 Å². The molecule has 0 fully saturated rings. The Labute approximate surface area is 124 Å². The molecule has 0 aliphatic rings. The average molecular weight is 280 g/mol. The Hall–Kier alpha value is -2.80. The van der Waals surface area contributed by atoms with E-state index >= 15 is 0 Å². The van der Waals surface area contributed by atoms with Gasteiger partial charge in [0, 0.05) is 17.8 Å². The summed E-state index contributed by atoms with van der Waals surface area (Å²) in [6.45, 7) is 2.67. The Bertz CT molecular complexity index is 657. The van der Waals surface area contributed by atoms with Gasteiger partial charge in [-0.05, 0) is 43.3 Å². The zero-order chi connectivity index (χ0) is 15.1. The SMILES string of the molecule is CC(=O)c1cccc(NCCOc2ccc(C#N)cc2)c1. The largest absolute Gasteiger partial charge is 0.492 e. The van der Waals surface area contributed by atoms with E-state index in [1.807, 2.05) is 18.2 Å². The Morgan fingerprint density at radius 1 is 1.24 bits per heavy atom. The summed E-state index contributed by atoms with van der Waals surface area (Å²) < 4.78 is 5.57. The highest BCUT2D eigenvalue weighted by atomic mass is 16.5. The number of ether oxygens (including phenoxy) is 1. The maximum atomic E-state index is 11.3. The van der Waals surface area contributed by atoms with Crippen LogP contribution in [0.1, 0.15) is 22.8 Å². The number of hydrogen-bond acceptors (Lipinski definition) is 4. The molecule has 2 aromatic carbocycles. The van der Waals surface area contributed by atoms with E-state index in [1.54, 1.807) is 37.3 Å². The molecule has 2 rings (SSSR count). The summed E-state index contributed by atoms with van der Waals surface area (Å²) >= 11 is 0. The zero-order valence-corrected chi connectivity index (χ0v) is 11.8. The molecule has 0 aromatic heterocycles. The van der Waals surface area contributed by atoms with Gasteiger partial charge in [0.15, 0.2) is 5.78 Å². The van der Waals surface area contributed by atoms with E-state index in [-0.39, 0.29) is 5.78 Å². The highest BCUT2D eigenvalue weighted by molar-refractivity contribution is 5.94. The van der Waals surface area contributed by atoms with Crippen LogP contribution in [0.4, 0.5) is 5.69 Å². The second-order valence-electron chi connectivity index (χ2n) is 4.55. The van der Waals surface area contributed by atoms with Gasteiger partial charge >= 0.3 is 0 Å². The van der Waals surface area contributed by atoms with Crippen LogP contribution < -0.4 is 10.1 Å². The molecule has 0 radical (unpaired) electrons. The number of benzene rings is 2. The number of carbonyl (C=O) groups is 1. The van der Waals surface area contributed by atoms with E-state index in [0.29, 0.717) is 24.3 Å². The average Bonchev–Trinajstić information content (AvgIpc) is 2.52. The molecule has 0 bridgehead atoms. The van der Waals surface area contributed by atoms with E-state index in [0.717, 1.165) is 11.4 Å². The third-order valence-corrected chi connectivity index (χ3v) is 2.95. The van der Waals surface area contributed by atoms with Gasteiger partial charge in [0.25, 0.3) is 0 Å². The molecule has 2 aromatic rings. The molecule has 21 heavy (non-hydrogen) atoms. The summed E-state index contributed by atoms with van der Waals surface area (Å²) in [7, 11) is 0. The van der Waals surface area contributed by atoms with Crippen molar-refractivity contribution in [2.24, 2.45) is 0 Å². The quantitative estimate of drug-likeness (QED) is 0.651. The Morgan fingerprint density at radius 3 is 2.67 bits per heavy atom. The number of nitrogens with one attached hydrogen (secondary N) is 1. The van der Waals surface area contributed by atoms with Gasteiger partial charge in [0.1, 0.15) is 12.4 Å². The molecular weight excluding hydrogens is 264 g/mol. The highest BCUT2D eigenvalue weighted by Crippen LogP contribution is 2.12. The van der Waals surface area contributed by atoms with E-state index in [4.69, 9.17) is 10.00 Å². The fraction of sp³-hybridized carbons (Fsp3) is 0.176. The van der Waals surface area contributed by atoms with Crippen molar-refractivity contribution in [3.63, 3.8) is 0 Å². The van der Waals surface area contributed by atoms with Gasteiger partial charge in [-0.1, -0.05) is 12.1 Å².